The number of nitrogens with zero attached hydrogens (tertiary/aromatic N) is 2. The lowest BCUT2D eigenvalue weighted by Crippen LogP contribution is -2.40. The van der Waals surface area contributed by atoms with Gasteiger partial charge in [-0.15, -0.1) is 0 Å². The summed E-state index contributed by atoms with van der Waals surface area (Å²) in [6.07, 6.45) is 0.592. The van der Waals surface area contributed by atoms with Gasteiger partial charge in [0.1, 0.15) is 5.82 Å². The summed E-state index contributed by atoms with van der Waals surface area (Å²) in [5, 5.41) is 0. The maximum absolute atomic E-state index is 13.6. The van der Waals surface area contributed by atoms with Gasteiger partial charge in [0.2, 0.25) is 11.8 Å². The van der Waals surface area contributed by atoms with Crippen LogP contribution >= 0.6 is 0 Å². The molecule has 1 heterocycles. The fourth-order valence-electron chi connectivity index (χ4n) is 2.68. The Balaban J connectivity index is 1.96. The Morgan fingerprint density at radius 1 is 1.27 bits per heavy atom. The van der Waals surface area contributed by atoms with Gasteiger partial charge in [-0.05, 0) is 25.1 Å². The number of halogens is 1. The summed E-state index contributed by atoms with van der Waals surface area (Å²) in [5.74, 6) is -1.10. The Kier molecular flexibility index (Phi) is 5.49. The summed E-state index contributed by atoms with van der Waals surface area (Å²) < 4.78 is 13.6. The molecule has 2 amide bonds. The van der Waals surface area contributed by atoms with Crippen LogP contribution in [0.25, 0.3) is 0 Å². The maximum atomic E-state index is 13.6. The van der Waals surface area contributed by atoms with Crippen LogP contribution in [0.1, 0.15) is 12.0 Å². The van der Waals surface area contributed by atoms with Gasteiger partial charge in [-0.2, -0.15) is 0 Å². The lowest BCUT2D eigenvalue weighted by atomic mass is 10.1. The average molecular weight is 307 g/mol. The highest BCUT2D eigenvalue weighted by Gasteiger charge is 2.27. The molecule has 2 rings (SSSR count). The number of carbonyl (C=O) groups excluding carboxylic acids is 2. The molecular weight excluding hydrogens is 285 g/mol. The second-order valence-electron chi connectivity index (χ2n) is 5.79. The molecule has 0 aromatic heterocycles. The Labute approximate surface area is 129 Å². The van der Waals surface area contributed by atoms with E-state index < -0.39 is 0 Å². The molecule has 0 bridgehead atoms. The van der Waals surface area contributed by atoms with E-state index in [0.29, 0.717) is 38.2 Å². The van der Waals surface area contributed by atoms with Crippen LogP contribution in [-0.4, -0.2) is 54.8 Å². The van der Waals surface area contributed by atoms with Crippen molar-refractivity contribution in [3.8, 4) is 0 Å². The predicted molar refractivity (Wildman–Crippen MR) is 81.5 cm³/mol. The minimum absolute atomic E-state index is 0.0650. The van der Waals surface area contributed by atoms with Crippen molar-refractivity contribution in [2.75, 3.05) is 33.2 Å². The third-order valence-electron chi connectivity index (χ3n) is 4.05. The number of carbonyl (C=O) groups is 2. The van der Waals surface area contributed by atoms with E-state index >= 15 is 0 Å². The van der Waals surface area contributed by atoms with Crippen molar-refractivity contribution in [1.29, 1.82) is 0 Å². The topological polar surface area (TPSA) is 66.6 Å². The summed E-state index contributed by atoms with van der Waals surface area (Å²) in [6, 6.07) is 6.46. The molecule has 5 nitrogen and oxygen atoms in total. The highest BCUT2D eigenvalue weighted by atomic mass is 19.1. The first-order valence-electron chi connectivity index (χ1n) is 7.46. The Morgan fingerprint density at radius 2 is 2.00 bits per heavy atom. The number of hydrogen-bond donors (Lipinski definition) is 1. The van der Waals surface area contributed by atoms with Gasteiger partial charge in [0.15, 0.2) is 0 Å². The number of rotatable bonds is 4. The van der Waals surface area contributed by atoms with E-state index in [2.05, 4.69) is 0 Å². The zero-order valence-electron chi connectivity index (χ0n) is 12.8. The van der Waals surface area contributed by atoms with Gasteiger partial charge in [0, 0.05) is 32.6 Å². The third kappa shape index (κ3) is 4.27. The summed E-state index contributed by atoms with van der Waals surface area (Å²) in [6.45, 7) is 2.17. The van der Waals surface area contributed by atoms with Gasteiger partial charge in [-0.3, -0.25) is 9.59 Å². The quantitative estimate of drug-likeness (QED) is 0.887. The predicted octanol–water partition coefficient (Wildman–Crippen LogP) is 0.634. The van der Waals surface area contributed by atoms with E-state index in [-0.39, 0.29) is 30.0 Å². The number of nitrogens with two attached hydrogens (primary N) is 1. The van der Waals surface area contributed by atoms with Gasteiger partial charge >= 0.3 is 0 Å². The first-order chi connectivity index (χ1) is 10.5. The number of primary amides is 1. The summed E-state index contributed by atoms with van der Waals surface area (Å²) in [4.78, 5) is 27.5. The van der Waals surface area contributed by atoms with Crippen LogP contribution < -0.4 is 5.73 Å². The molecule has 0 unspecified atom stereocenters. The molecule has 0 saturated carbocycles. The molecule has 1 saturated heterocycles. The molecule has 1 atom stereocenters. The van der Waals surface area contributed by atoms with E-state index in [1.807, 2.05) is 11.9 Å². The molecule has 1 aliphatic rings. The van der Waals surface area contributed by atoms with Crippen LogP contribution in [-0.2, 0) is 16.0 Å². The van der Waals surface area contributed by atoms with Gasteiger partial charge < -0.3 is 15.5 Å². The fraction of sp³-hybridized carbons (Fsp3) is 0.500. The van der Waals surface area contributed by atoms with E-state index in [4.69, 9.17) is 5.73 Å². The number of benzene rings is 1. The lowest BCUT2D eigenvalue weighted by molar-refractivity contribution is -0.132. The SMILES string of the molecule is CN1CCN(C(=O)CCc2ccccc2F)C[C@H](C(N)=O)C1. The molecule has 0 radical (unpaired) electrons. The van der Waals surface area contributed by atoms with E-state index in [1.165, 1.54) is 6.07 Å². The molecule has 1 aromatic rings. The van der Waals surface area contributed by atoms with Crippen molar-refractivity contribution in [1.82, 2.24) is 9.80 Å². The second kappa shape index (κ2) is 7.35. The molecule has 120 valence electrons. The van der Waals surface area contributed by atoms with Gasteiger partial charge in [-0.1, -0.05) is 18.2 Å². The van der Waals surface area contributed by atoms with Crippen molar-refractivity contribution < 1.29 is 14.0 Å². The number of aryl methyl sites for hydroxylation is 1. The zero-order chi connectivity index (χ0) is 16.1. The molecule has 1 fully saturated rings. The van der Waals surface area contributed by atoms with E-state index in [1.54, 1.807) is 23.1 Å². The minimum Gasteiger partial charge on any atom is -0.369 e. The van der Waals surface area contributed by atoms with Crippen LogP contribution in [0.15, 0.2) is 24.3 Å². The maximum Gasteiger partial charge on any atom is 0.223 e. The Bertz CT molecular complexity index is 550. The summed E-state index contributed by atoms with van der Waals surface area (Å²) >= 11 is 0. The number of hydrogen-bond acceptors (Lipinski definition) is 3. The van der Waals surface area contributed by atoms with Crippen molar-refractivity contribution in [3.63, 3.8) is 0 Å². The minimum atomic E-state index is -0.388. The van der Waals surface area contributed by atoms with E-state index in [9.17, 15) is 14.0 Å². The third-order valence-corrected chi connectivity index (χ3v) is 4.05. The first kappa shape index (κ1) is 16.4. The molecule has 1 aliphatic heterocycles. The standard InChI is InChI=1S/C16H22FN3O2/c1-19-8-9-20(11-13(10-19)16(18)22)15(21)7-6-12-4-2-3-5-14(12)17/h2-5,13H,6-11H2,1H3,(H2,18,22)/t13-/m1/s1. The highest BCUT2D eigenvalue weighted by molar-refractivity contribution is 5.80. The number of likely N-dealkylation sites (N-methyl/N-ethyl adjacent to an activating group) is 1. The van der Waals surface area contributed by atoms with Crippen LogP contribution in [0.5, 0.6) is 0 Å². The fourth-order valence-corrected chi connectivity index (χ4v) is 2.68. The molecule has 0 aliphatic carbocycles. The monoisotopic (exact) mass is 307 g/mol. The molecule has 6 heteroatoms. The molecule has 2 N–H and O–H groups in total. The van der Waals surface area contributed by atoms with Gasteiger partial charge in [0.05, 0.1) is 5.92 Å². The summed E-state index contributed by atoms with van der Waals surface area (Å²) in [5.41, 5.74) is 5.93. The van der Waals surface area contributed by atoms with Gasteiger partial charge in [-0.25, -0.2) is 4.39 Å². The summed E-state index contributed by atoms with van der Waals surface area (Å²) in [7, 11) is 1.91. The normalized spacial score (nSPS) is 19.7. The van der Waals surface area contributed by atoms with Crippen molar-refractivity contribution in [2.45, 2.75) is 12.8 Å². The average Bonchev–Trinajstić information content (AvgIpc) is 2.68. The number of amides is 2. The van der Waals surface area contributed by atoms with Crippen LogP contribution in [0, 0.1) is 11.7 Å². The largest absolute Gasteiger partial charge is 0.369 e. The van der Waals surface area contributed by atoms with Crippen LogP contribution in [0.3, 0.4) is 0 Å². The smallest absolute Gasteiger partial charge is 0.223 e. The molecule has 1 aromatic carbocycles. The molecular formula is C16H22FN3O2. The second-order valence-corrected chi connectivity index (χ2v) is 5.79. The lowest BCUT2D eigenvalue weighted by Gasteiger charge is -2.22. The van der Waals surface area contributed by atoms with Gasteiger partial charge in [0.25, 0.3) is 0 Å². The Hall–Kier alpha value is -1.95. The first-order valence-corrected chi connectivity index (χ1v) is 7.46. The van der Waals surface area contributed by atoms with Crippen molar-refractivity contribution in [2.24, 2.45) is 11.7 Å². The molecule has 22 heavy (non-hydrogen) atoms. The van der Waals surface area contributed by atoms with Crippen molar-refractivity contribution >= 4 is 11.8 Å². The molecule has 0 spiro atoms. The van der Waals surface area contributed by atoms with E-state index in [0.717, 1.165) is 0 Å². The Morgan fingerprint density at radius 3 is 2.68 bits per heavy atom. The van der Waals surface area contributed by atoms with Crippen LogP contribution in [0.4, 0.5) is 4.39 Å². The van der Waals surface area contributed by atoms with Crippen LogP contribution in [0.2, 0.25) is 0 Å². The highest BCUT2D eigenvalue weighted by Crippen LogP contribution is 2.13. The van der Waals surface area contributed by atoms with Crippen molar-refractivity contribution in [3.05, 3.63) is 35.6 Å². The zero-order valence-corrected chi connectivity index (χ0v) is 12.8.